The number of fused-ring (bicyclic) bond motifs is 2. The van der Waals surface area contributed by atoms with Gasteiger partial charge in [-0.2, -0.15) is 4.37 Å². The number of nitrogens with zero attached hydrogens (tertiary/aromatic N) is 2. The summed E-state index contributed by atoms with van der Waals surface area (Å²) in [7, 11) is 1.64. The van der Waals surface area contributed by atoms with Crippen molar-refractivity contribution in [2.75, 3.05) is 12.0 Å². The molecule has 3 aromatic rings. The number of imide groups is 1. The summed E-state index contributed by atoms with van der Waals surface area (Å²) in [5.74, 6) is 0.365. The number of ether oxygens (including phenoxy) is 1. The fourth-order valence-corrected chi connectivity index (χ4v) is 5.29. The Labute approximate surface area is 167 Å². The van der Waals surface area contributed by atoms with Crippen LogP contribution in [0.5, 0.6) is 5.75 Å². The first-order valence-electron chi connectivity index (χ1n) is 9.59. The summed E-state index contributed by atoms with van der Waals surface area (Å²) in [5.41, 5.74) is 2.37. The van der Waals surface area contributed by atoms with E-state index in [9.17, 15) is 9.59 Å². The third-order valence-electron chi connectivity index (χ3n) is 5.91. The van der Waals surface area contributed by atoms with Gasteiger partial charge in [-0.3, -0.25) is 14.5 Å². The van der Waals surface area contributed by atoms with Crippen molar-refractivity contribution in [3.05, 3.63) is 42.5 Å². The minimum Gasteiger partial charge on any atom is -0.496 e. The van der Waals surface area contributed by atoms with Gasteiger partial charge in [-0.25, -0.2) is 0 Å². The maximum Gasteiger partial charge on any atom is 0.237 e. The summed E-state index contributed by atoms with van der Waals surface area (Å²) in [5, 5.41) is 0.933. The minimum atomic E-state index is -0.147. The summed E-state index contributed by atoms with van der Waals surface area (Å²) in [6.07, 6.45) is 3.69. The summed E-state index contributed by atoms with van der Waals surface area (Å²) in [6, 6.07) is 13.5. The summed E-state index contributed by atoms with van der Waals surface area (Å²) >= 11 is 1.41. The van der Waals surface area contributed by atoms with Crippen LogP contribution in [-0.2, 0) is 9.59 Å². The minimum absolute atomic E-state index is 0.0453. The topological polar surface area (TPSA) is 59.5 Å². The van der Waals surface area contributed by atoms with Crippen molar-refractivity contribution in [2.45, 2.75) is 25.7 Å². The third-order valence-corrected chi connectivity index (χ3v) is 6.74. The predicted molar refractivity (Wildman–Crippen MR) is 110 cm³/mol. The number of carbonyl (C=O) groups excluding carboxylic acids is 2. The second kappa shape index (κ2) is 6.71. The highest BCUT2D eigenvalue weighted by Gasteiger charge is 2.48. The Morgan fingerprint density at radius 2 is 1.75 bits per heavy atom. The van der Waals surface area contributed by atoms with Crippen LogP contribution in [0.25, 0.3) is 21.3 Å². The highest BCUT2D eigenvalue weighted by Crippen LogP contribution is 2.42. The Hall–Kier alpha value is -2.73. The first-order chi connectivity index (χ1) is 13.7. The fourth-order valence-electron chi connectivity index (χ4n) is 4.52. The van der Waals surface area contributed by atoms with Crippen LogP contribution in [0.15, 0.2) is 42.5 Å². The molecule has 2 amide bonds. The number of hydrogen-bond acceptors (Lipinski definition) is 5. The molecule has 0 bridgehead atoms. The lowest BCUT2D eigenvalue weighted by atomic mass is 9.81. The normalized spacial score (nSPS) is 22.0. The molecule has 2 fully saturated rings. The van der Waals surface area contributed by atoms with Gasteiger partial charge in [0.25, 0.3) is 0 Å². The average Bonchev–Trinajstić information content (AvgIpc) is 3.27. The van der Waals surface area contributed by atoms with Gasteiger partial charge < -0.3 is 4.74 Å². The van der Waals surface area contributed by atoms with E-state index in [1.54, 1.807) is 7.11 Å². The smallest absolute Gasteiger partial charge is 0.237 e. The van der Waals surface area contributed by atoms with Gasteiger partial charge >= 0.3 is 0 Å². The van der Waals surface area contributed by atoms with Gasteiger partial charge in [0.1, 0.15) is 5.75 Å². The van der Waals surface area contributed by atoms with Crippen LogP contribution in [0.3, 0.4) is 0 Å². The quantitative estimate of drug-likeness (QED) is 0.609. The molecular formula is C22H20N2O3S. The zero-order valence-corrected chi connectivity index (χ0v) is 16.4. The van der Waals surface area contributed by atoms with Crippen molar-refractivity contribution in [3.63, 3.8) is 0 Å². The molecule has 2 atom stereocenters. The number of rotatable bonds is 3. The molecule has 2 aliphatic rings. The van der Waals surface area contributed by atoms with E-state index < -0.39 is 0 Å². The standard InChI is InChI=1S/C22H20N2O3S/c1-27-18-9-5-4-8-16(18)20-17-12-13(10-11-19(17)28-23-20)24-21(25)14-6-2-3-7-15(14)22(24)26/h4-5,8-12,14-15H,2-3,6-7H2,1H3. The SMILES string of the molecule is COc1ccccc1-c1nsc2ccc(N3C(=O)C4CCCCC4C3=O)cc12. The first-order valence-corrected chi connectivity index (χ1v) is 10.4. The number of hydrogen-bond donors (Lipinski definition) is 0. The molecule has 2 heterocycles. The van der Waals surface area contributed by atoms with Crippen LogP contribution in [0.2, 0.25) is 0 Å². The fraction of sp³-hybridized carbons (Fsp3) is 0.318. The van der Waals surface area contributed by atoms with Crippen molar-refractivity contribution in [3.8, 4) is 17.0 Å². The lowest BCUT2D eigenvalue weighted by Crippen LogP contribution is -2.30. The van der Waals surface area contributed by atoms with Crippen molar-refractivity contribution < 1.29 is 14.3 Å². The lowest BCUT2D eigenvalue weighted by molar-refractivity contribution is -0.122. The molecule has 2 unspecified atom stereocenters. The zero-order chi connectivity index (χ0) is 19.3. The Morgan fingerprint density at radius 1 is 1.04 bits per heavy atom. The van der Waals surface area contributed by atoms with Gasteiger partial charge in [0.05, 0.1) is 35.0 Å². The van der Waals surface area contributed by atoms with Crippen molar-refractivity contribution in [1.29, 1.82) is 0 Å². The molecular weight excluding hydrogens is 372 g/mol. The monoisotopic (exact) mass is 392 g/mol. The Balaban J connectivity index is 1.61. The van der Waals surface area contributed by atoms with Crippen LogP contribution in [-0.4, -0.2) is 23.3 Å². The van der Waals surface area contributed by atoms with Crippen molar-refractivity contribution in [1.82, 2.24) is 4.37 Å². The summed E-state index contributed by atoms with van der Waals surface area (Å²) in [6.45, 7) is 0. The van der Waals surface area contributed by atoms with Gasteiger partial charge in [-0.1, -0.05) is 25.0 Å². The molecule has 1 saturated carbocycles. The molecule has 0 radical (unpaired) electrons. The third kappa shape index (κ3) is 2.55. The van der Waals surface area contributed by atoms with Crippen molar-refractivity contribution >= 4 is 39.1 Å². The summed E-state index contributed by atoms with van der Waals surface area (Å²) in [4.78, 5) is 27.3. The predicted octanol–water partition coefficient (Wildman–Crippen LogP) is 4.65. The number of amides is 2. The van der Waals surface area contributed by atoms with Gasteiger partial charge in [-0.15, -0.1) is 0 Å². The molecule has 1 aliphatic carbocycles. The van der Waals surface area contributed by atoms with E-state index in [1.807, 2.05) is 42.5 Å². The van der Waals surface area contributed by atoms with E-state index in [4.69, 9.17) is 4.74 Å². The van der Waals surface area contributed by atoms with Crippen LogP contribution in [0, 0.1) is 11.8 Å². The first kappa shape index (κ1) is 17.4. The van der Waals surface area contributed by atoms with Crippen molar-refractivity contribution in [2.24, 2.45) is 11.8 Å². The molecule has 0 N–H and O–H groups in total. The Morgan fingerprint density at radius 3 is 2.46 bits per heavy atom. The Bertz CT molecular complexity index is 1070. The number of benzene rings is 2. The molecule has 28 heavy (non-hydrogen) atoms. The van der Waals surface area contributed by atoms with E-state index >= 15 is 0 Å². The largest absolute Gasteiger partial charge is 0.496 e. The molecule has 5 rings (SSSR count). The van der Waals surface area contributed by atoms with E-state index in [0.29, 0.717) is 5.69 Å². The van der Waals surface area contributed by atoms with E-state index in [-0.39, 0.29) is 23.7 Å². The number of para-hydroxylation sites is 1. The number of aromatic nitrogens is 1. The van der Waals surface area contributed by atoms with Gasteiger partial charge in [0.15, 0.2) is 0 Å². The highest BCUT2D eigenvalue weighted by atomic mass is 32.1. The van der Waals surface area contributed by atoms with Crippen LogP contribution in [0.1, 0.15) is 25.7 Å². The average molecular weight is 392 g/mol. The molecule has 142 valence electrons. The van der Waals surface area contributed by atoms with Gasteiger partial charge in [-0.05, 0) is 54.7 Å². The van der Waals surface area contributed by atoms with Gasteiger partial charge in [0, 0.05) is 10.9 Å². The van der Waals surface area contributed by atoms with E-state index in [1.165, 1.54) is 16.4 Å². The van der Waals surface area contributed by atoms with Crippen LogP contribution < -0.4 is 9.64 Å². The molecule has 1 aromatic heterocycles. The second-order valence-electron chi connectivity index (χ2n) is 7.42. The number of anilines is 1. The molecule has 2 aromatic carbocycles. The van der Waals surface area contributed by atoms with E-state index in [0.717, 1.165) is 52.8 Å². The second-order valence-corrected chi connectivity index (χ2v) is 8.23. The number of methoxy groups -OCH3 is 1. The van der Waals surface area contributed by atoms with Crippen LogP contribution in [0.4, 0.5) is 5.69 Å². The molecule has 0 spiro atoms. The molecule has 6 heteroatoms. The van der Waals surface area contributed by atoms with Gasteiger partial charge in [0.2, 0.25) is 11.8 Å². The maximum atomic E-state index is 13.0. The van der Waals surface area contributed by atoms with Crippen LogP contribution >= 0.6 is 11.5 Å². The zero-order valence-electron chi connectivity index (χ0n) is 15.6. The molecule has 1 aliphatic heterocycles. The highest BCUT2D eigenvalue weighted by molar-refractivity contribution is 7.13. The number of carbonyl (C=O) groups is 2. The Kier molecular flexibility index (Phi) is 4.16. The lowest BCUT2D eigenvalue weighted by Gasteiger charge is -2.19. The molecule has 1 saturated heterocycles. The molecule has 5 nitrogen and oxygen atoms in total. The summed E-state index contributed by atoms with van der Waals surface area (Å²) < 4.78 is 11.1. The van der Waals surface area contributed by atoms with E-state index in [2.05, 4.69) is 4.37 Å². The maximum absolute atomic E-state index is 13.0.